The van der Waals surface area contributed by atoms with Crippen LogP contribution in [-0.2, 0) is 0 Å². The summed E-state index contributed by atoms with van der Waals surface area (Å²) in [4.78, 5) is 0. The molecule has 3 rings (SSSR count). The Balaban J connectivity index is 2.37. The molecule has 0 aliphatic heterocycles. The van der Waals surface area contributed by atoms with Crippen molar-refractivity contribution in [3.63, 3.8) is 0 Å². The first-order valence-corrected chi connectivity index (χ1v) is 6.98. The van der Waals surface area contributed by atoms with Gasteiger partial charge in [0, 0.05) is 23.3 Å². The predicted octanol–water partition coefficient (Wildman–Crippen LogP) is 4.43. The number of hydrogen-bond acceptors (Lipinski definition) is 4. The molecular formula is C18H18O4. The number of rotatable bonds is 4. The average molecular weight is 298 g/mol. The molecule has 4 heteroatoms. The Hall–Kier alpha value is -2.62. The molecule has 2 aromatic carbocycles. The third-order valence-electron chi connectivity index (χ3n) is 3.74. The SMILES string of the molecule is COc1cc(OC)c2c(-c3ccccc3OC)c(C)oc2c1. The van der Waals surface area contributed by atoms with Crippen molar-refractivity contribution in [1.82, 2.24) is 0 Å². The molecule has 0 N–H and O–H groups in total. The van der Waals surface area contributed by atoms with Gasteiger partial charge in [0.05, 0.1) is 26.7 Å². The highest BCUT2D eigenvalue weighted by Crippen LogP contribution is 2.44. The van der Waals surface area contributed by atoms with Crippen molar-refractivity contribution in [2.24, 2.45) is 0 Å². The molecule has 0 saturated carbocycles. The summed E-state index contributed by atoms with van der Waals surface area (Å²) in [5.74, 6) is 3.02. The quantitative estimate of drug-likeness (QED) is 0.714. The second-order valence-corrected chi connectivity index (χ2v) is 4.94. The number of methoxy groups -OCH3 is 3. The highest BCUT2D eigenvalue weighted by atomic mass is 16.5. The summed E-state index contributed by atoms with van der Waals surface area (Å²) in [7, 11) is 4.93. The Bertz CT molecular complexity index is 817. The first-order chi connectivity index (χ1) is 10.7. The third kappa shape index (κ3) is 2.17. The van der Waals surface area contributed by atoms with Crippen molar-refractivity contribution in [3.8, 4) is 28.4 Å². The van der Waals surface area contributed by atoms with E-state index in [-0.39, 0.29) is 0 Å². The van der Waals surface area contributed by atoms with Crippen LogP contribution in [0.2, 0.25) is 0 Å². The average Bonchev–Trinajstić information content (AvgIpc) is 2.89. The van der Waals surface area contributed by atoms with Crippen LogP contribution in [0.4, 0.5) is 0 Å². The van der Waals surface area contributed by atoms with Gasteiger partial charge in [-0.25, -0.2) is 0 Å². The Morgan fingerprint density at radius 2 is 1.59 bits per heavy atom. The molecule has 0 radical (unpaired) electrons. The summed E-state index contributed by atoms with van der Waals surface area (Å²) in [6.07, 6.45) is 0. The molecular weight excluding hydrogens is 280 g/mol. The molecule has 0 bridgehead atoms. The maximum absolute atomic E-state index is 5.92. The Morgan fingerprint density at radius 3 is 2.27 bits per heavy atom. The van der Waals surface area contributed by atoms with Crippen molar-refractivity contribution >= 4 is 11.0 Å². The summed E-state index contributed by atoms with van der Waals surface area (Å²) in [6.45, 7) is 1.94. The Labute approximate surface area is 129 Å². The van der Waals surface area contributed by atoms with Crippen LogP contribution in [0.15, 0.2) is 40.8 Å². The zero-order valence-electron chi connectivity index (χ0n) is 13.1. The molecule has 3 aromatic rings. The molecule has 4 nitrogen and oxygen atoms in total. The van der Waals surface area contributed by atoms with Gasteiger partial charge in [-0.1, -0.05) is 18.2 Å². The first-order valence-electron chi connectivity index (χ1n) is 6.98. The molecule has 1 aromatic heterocycles. The highest BCUT2D eigenvalue weighted by Gasteiger charge is 2.20. The van der Waals surface area contributed by atoms with Crippen LogP contribution in [0.25, 0.3) is 22.1 Å². The molecule has 22 heavy (non-hydrogen) atoms. The largest absolute Gasteiger partial charge is 0.496 e. The van der Waals surface area contributed by atoms with Crippen LogP contribution in [-0.4, -0.2) is 21.3 Å². The fourth-order valence-corrected chi connectivity index (χ4v) is 2.74. The summed E-state index contributed by atoms with van der Waals surface area (Å²) < 4.78 is 22.2. The topological polar surface area (TPSA) is 40.8 Å². The van der Waals surface area contributed by atoms with Crippen molar-refractivity contribution in [2.75, 3.05) is 21.3 Å². The van der Waals surface area contributed by atoms with Gasteiger partial charge in [0.15, 0.2) is 0 Å². The van der Waals surface area contributed by atoms with Gasteiger partial charge in [-0.3, -0.25) is 0 Å². The minimum absolute atomic E-state index is 0.699. The van der Waals surface area contributed by atoms with Gasteiger partial charge in [0.2, 0.25) is 0 Å². The predicted molar refractivity (Wildman–Crippen MR) is 86.0 cm³/mol. The monoisotopic (exact) mass is 298 g/mol. The van der Waals surface area contributed by atoms with Crippen molar-refractivity contribution in [3.05, 3.63) is 42.2 Å². The molecule has 0 fully saturated rings. The van der Waals surface area contributed by atoms with Gasteiger partial charge in [-0.05, 0) is 13.0 Å². The number of benzene rings is 2. The number of furan rings is 1. The molecule has 1 heterocycles. The standard InChI is InChI=1S/C18H18O4/c1-11-17(13-7-5-6-8-14(13)20-3)18-15(21-4)9-12(19-2)10-16(18)22-11/h5-10H,1-4H3. The molecule has 0 unspecified atom stereocenters. The van der Waals surface area contributed by atoms with E-state index in [0.717, 1.165) is 33.6 Å². The fourth-order valence-electron chi connectivity index (χ4n) is 2.74. The third-order valence-corrected chi connectivity index (χ3v) is 3.74. The molecule has 0 aliphatic rings. The van der Waals surface area contributed by atoms with Gasteiger partial charge < -0.3 is 18.6 Å². The van der Waals surface area contributed by atoms with Crippen LogP contribution in [0.3, 0.4) is 0 Å². The van der Waals surface area contributed by atoms with E-state index in [1.165, 1.54) is 0 Å². The maximum atomic E-state index is 5.92. The van der Waals surface area contributed by atoms with Crippen LogP contribution in [0.5, 0.6) is 17.2 Å². The number of ether oxygens (including phenoxy) is 3. The van der Waals surface area contributed by atoms with Crippen molar-refractivity contribution in [1.29, 1.82) is 0 Å². The summed E-state index contributed by atoms with van der Waals surface area (Å²) in [5, 5.41) is 0.922. The van der Waals surface area contributed by atoms with Gasteiger partial charge in [-0.15, -0.1) is 0 Å². The van der Waals surface area contributed by atoms with E-state index in [2.05, 4.69) is 0 Å². The second kappa shape index (κ2) is 5.64. The highest BCUT2D eigenvalue weighted by molar-refractivity contribution is 6.02. The minimum atomic E-state index is 0.699. The van der Waals surface area contributed by atoms with E-state index in [1.807, 2.05) is 43.3 Å². The molecule has 114 valence electrons. The molecule has 0 amide bonds. The maximum Gasteiger partial charge on any atom is 0.142 e. The summed E-state index contributed by atoms with van der Waals surface area (Å²) >= 11 is 0. The van der Waals surface area contributed by atoms with E-state index in [4.69, 9.17) is 18.6 Å². The first kappa shape index (κ1) is 14.3. The Kier molecular flexibility index (Phi) is 3.67. The lowest BCUT2D eigenvalue weighted by molar-refractivity contribution is 0.397. The van der Waals surface area contributed by atoms with Crippen molar-refractivity contribution < 1.29 is 18.6 Å². The number of aryl methyl sites for hydroxylation is 1. The molecule has 0 aliphatic carbocycles. The summed E-state index contributed by atoms with van der Waals surface area (Å²) in [6, 6.07) is 11.6. The van der Waals surface area contributed by atoms with E-state index in [1.54, 1.807) is 21.3 Å². The lowest BCUT2D eigenvalue weighted by Crippen LogP contribution is -1.91. The van der Waals surface area contributed by atoms with Crippen LogP contribution < -0.4 is 14.2 Å². The van der Waals surface area contributed by atoms with Crippen LogP contribution >= 0.6 is 0 Å². The van der Waals surface area contributed by atoms with Gasteiger partial charge >= 0.3 is 0 Å². The smallest absolute Gasteiger partial charge is 0.142 e. The second-order valence-electron chi connectivity index (χ2n) is 4.94. The van der Waals surface area contributed by atoms with E-state index < -0.39 is 0 Å². The number of hydrogen-bond donors (Lipinski definition) is 0. The Morgan fingerprint density at radius 1 is 0.864 bits per heavy atom. The van der Waals surface area contributed by atoms with Gasteiger partial charge in [-0.2, -0.15) is 0 Å². The minimum Gasteiger partial charge on any atom is -0.496 e. The van der Waals surface area contributed by atoms with Gasteiger partial charge in [0.1, 0.15) is 28.6 Å². The zero-order chi connectivity index (χ0) is 15.7. The van der Waals surface area contributed by atoms with Crippen LogP contribution in [0, 0.1) is 6.92 Å². The lowest BCUT2D eigenvalue weighted by atomic mass is 10.0. The molecule has 0 atom stereocenters. The lowest BCUT2D eigenvalue weighted by Gasteiger charge is -2.10. The van der Waals surface area contributed by atoms with Gasteiger partial charge in [0.25, 0.3) is 0 Å². The van der Waals surface area contributed by atoms with Crippen LogP contribution in [0.1, 0.15) is 5.76 Å². The van der Waals surface area contributed by atoms with E-state index in [0.29, 0.717) is 11.5 Å². The normalized spacial score (nSPS) is 10.7. The molecule has 0 spiro atoms. The van der Waals surface area contributed by atoms with Crippen molar-refractivity contribution in [2.45, 2.75) is 6.92 Å². The summed E-state index contributed by atoms with van der Waals surface area (Å²) in [5.41, 5.74) is 2.69. The molecule has 0 saturated heterocycles. The van der Waals surface area contributed by atoms with E-state index >= 15 is 0 Å². The number of para-hydroxylation sites is 1. The number of fused-ring (bicyclic) bond motifs is 1. The fraction of sp³-hybridized carbons (Fsp3) is 0.222. The van der Waals surface area contributed by atoms with E-state index in [9.17, 15) is 0 Å². The zero-order valence-corrected chi connectivity index (χ0v) is 13.1.